The molecule has 1 N–H and O–H groups in total. The number of amides is 6. The number of nitrogens with zero attached hydrogens (tertiary/aromatic N) is 5. The summed E-state index contributed by atoms with van der Waals surface area (Å²) in [6.45, 7) is 21.5. The number of methoxy groups -OCH3 is 2. The van der Waals surface area contributed by atoms with Crippen LogP contribution in [0.25, 0.3) is 0 Å². The molecule has 14 nitrogen and oxygen atoms in total. The first-order valence-electron chi connectivity index (χ1n) is 20.7. The minimum atomic E-state index is -0.488. The molecule has 4 heterocycles. The van der Waals surface area contributed by atoms with Crippen molar-refractivity contribution in [2.75, 3.05) is 66.6 Å². The zero-order valence-electron chi connectivity index (χ0n) is 36.9. The van der Waals surface area contributed by atoms with Crippen LogP contribution in [-0.4, -0.2) is 139 Å². The predicted octanol–water partition coefficient (Wildman–Crippen LogP) is 7.95. The quantitative estimate of drug-likeness (QED) is 0.277. The van der Waals surface area contributed by atoms with Crippen LogP contribution in [0.5, 0.6) is 11.5 Å². The summed E-state index contributed by atoms with van der Waals surface area (Å²) in [5, 5.41) is 3.70. The Balaban J connectivity index is 0.000000219. The largest absolute Gasteiger partial charge is 0.497 e. The van der Waals surface area contributed by atoms with E-state index in [4.69, 9.17) is 18.9 Å². The Hall–Kier alpha value is -4.40. The number of piperidine rings is 2. The van der Waals surface area contributed by atoms with Crippen LogP contribution in [-0.2, 0) is 21.3 Å². The van der Waals surface area contributed by atoms with E-state index in [9.17, 15) is 19.2 Å². The van der Waals surface area contributed by atoms with E-state index in [-0.39, 0.29) is 36.3 Å². The number of hydrogen-bond donors (Lipinski definition) is 1. The number of urea groups is 2. The molecule has 4 aliphatic rings. The van der Waals surface area contributed by atoms with E-state index in [0.717, 1.165) is 79.8 Å². The molecule has 2 aromatic carbocycles. The molecular formula is C44H67BrN6O8. The van der Waals surface area contributed by atoms with Gasteiger partial charge in [-0.25, -0.2) is 19.2 Å². The van der Waals surface area contributed by atoms with Crippen molar-refractivity contribution in [1.82, 2.24) is 29.8 Å². The molecule has 4 fully saturated rings. The van der Waals surface area contributed by atoms with Gasteiger partial charge in [-0.15, -0.1) is 0 Å². The highest BCUT2D eigenvalue weighted by molar-refractivity contribution is 9.08. The SMILES string of the molecule is CC(C)(C)OC(=O)N1CCC(N2CCNC2=O)CC1.COc1ccc(C)c(CBr)c1.COc1ccc(C)c(CN2CCN(C3CCN(C(=O)OC(C)(C)C)CC3)C2=O)c1. The van der Waals surface area contributed by atoms with Crippen LogP contribution in [0.3, 0.4) is 0 Å². The Morgan fingerprint density at radius 1 is 0.678 bits per heavy atom. The molecule has 2 aromatic rings. The number of rotatable bonds is 7. The lowest BCUT2D eigenvalue weighted by atomic mass is 10.0. The lowest BCUT2D eigenvalue weighted by Crippen LogP contribution is -2.49. The fraction of sp³-hybridized carbons (Fsp3) is 0.636. The van der Waals surface area contributed by atoms with E-state index in [2.05, 4.69) is 41.2 Å². The maximum Gasteiger partial charge on any atom is 0.410 e. The lowest BCUT2D eigenvalue weighted by Gasteiger charge is -2.37. The zero-order valence-corrected chi connectivity index (χ0v) is 38.5. The second kappa shape index (κ2) is 21.2. The number of ether oxygens (including phenoxy) is 4. The smallest absolute Gasteiger partial charge is 0.410 e. The highest BCUT2D eigenvalue weighted by atomic mass is 79.9. The number of carbonyl (C=O) groups is 4. The van der Waals surface area contributed by atoms with Gasteiger partial charge in [-0.3, -0.25) is 0 Å². The maximum atomic E-state index is 13.0. The summed E-state index contributed by atoms with van der Waals surface area (Å²) >= 11 is 3.42. The van der Waals surface area contributed by atoms with Crippen LogP contribution in [0.15, 0.2) is 36.4 Å². The average Bonchev–Trinajstić information content (AvgIpc) is 3.79. The molecule has 4 aliphatic heterocycles. The molecule has 0 spiro atoms. The van der Waals surface area contributed by atoms with Crippen LogP contribution in [0.4, 0.5) is 19.2 Å². The monoisotopic (exact) mass is 886 g/mol. The van der Waals surface area contributed by atoms with E-state index in [1.54, 1.807) is 24.0 Å². The summed E-state index contributed by atoms with van der Waals surface area (Å²) in [6, 6.07) is 12.6. The average molecular weight is 888 g/mol. The van der Waals surface area contributed by atoms with Crippen LogP contribution < -0.4 is 14.8 Å². The topological polar surface area (TPSA) is 133 Å². The van der Waals surface area contributed by atoms with E-state index in [0.29, 0.717) is 32.7 Å². The third-order valence-corrected chi connectivity index (χ3v) is 11.4. The van der Waals surface area contributed by atoms with Gasteiger partial charge < -0.3 is 48.8 Å². The Labute approximate surface area is 359 Å². The first kappa shape index (κ1) is 47.3. The Morgan fingerprint density at radius 3 is 1.56 bits per heavy atom. The highest BCUT2D eigenvalue weighted by Crippen LogP contribution is 2.26. The van der Waals surface area contributed by atoms with Crippen LogP contribution in [0, 0.1) is 13.8 Å². The summed E-state index contributed by atoms with van der Waals surface area (Å²) in [7, 11) is 3.34. The van der Waals surface area contributed by atoms with Crippen molar-refractivity contribution in [2.45, 2.75) is 116 Å². The molecule has 328 valence electrons. The summed E-state index contributed by atoms with van der Waals surface area (Å²) in [6.07, 6.45) is 2.71. The maximum absolute atomic E-state index is 13.0. The van der Waals surface area contributed by atoms with Gasteiger partial charge in [0.15, 0.2) is 0 Å². The minimum Gasteiger partial charge on any atom is -0.497 e. The van der Waals surface area contributed by atoms with E-state index in [1.165, 1.54) is 11.1 Å². The number of benzene rings is 2. The molecule has 59 heavy (non-hydrogen) atoms. The summed E-state index contributed by atoms with van der Waals surface area (Å²) in [4.78, 5) is 58.0. The van der Waals surface area contributed by atoms with Gasteiger partial charge in [-0.1, -0.05) is 28.1 Å². The second-order valence-corrected chi connectivity index (χ2v) is 18.0. The number of carbonyl (C=O) groups excluding carboxylic acids is 4. The molecule has 0 aromatic heterocycles. The molecule has 4 saturated heterocycles. The molecule has 0 saturated carbocycles. The molecule has 6 rings (SSSR count). The minimum absolute atomic E-state index is 0.0238. The number of nitrogens with one attached hydrogen (secondary N) is 1. The number of hydrogen-bond acceptors (Lipinski definition) is 8. The predicted molar refractivity (Wildman–Crippen MR) is 232 cm³/mol. The van der Waals surface area contributed by atoms with Gasteiger partial charge in [0.05, 0.1) is 14.2 Å². The normalized spacial score (nSPS) is 17.8. The van der Waals surface area contributed by atoms with Crippen LogP contribution in [0.2, 0.25) is 0 Å². The number of halogens is 1. The third-order valence-electron chi connectivity index (χ3n) is 10.7. The third kappa shape index (κ3) is 14.1. The van der Waals surface area contributed by atoms with E-state index in [1.807, 2.05) is 86.6 Å². The summed E-state index contributed by atoms with van der Waals surface area (Å²) < 4.78 is 21.2. The van der Waals surface area contributed by atoms with Gasteiger partial charge >= 0.3 is 24.2 Å². The fourth-order valence-electron chi connectivity index (χ4n) is 7.36. The molecule has 15 heteroatoms. The van der Waals surface area contributed by atoms with Crippen molar-refractivity contribution in [1.29, 1.82) is 0 Å². The molecular weight excluding hydrogens is 820 g/mol. The first-order valence-corrected chi connectivity index (χ1v) is 21.8. The van der Waals surface area contributed by atoms with Crippen LogP contribution in [0.1, 0.15) is 89.5 Å². The molecule has 0 aliphatic carbocycles. The summed E-state index contributed by atoms with van der Waals surface area (Å²) in [5.74, 6) is 1.73. The molecule has 0 bridgehead atoms. The van der Waals surface area contributed by atoms with Gasteiger partial charge in [-0.05, 0) is 128 Å². The van der Waals surface area contributed by atoms with Crippen molar-refractivity contribution in [3.05, 3.63) is 58.7 Å². The molecule has 0 unspecified atom stereocenters. The summed E-state index contributed by atoms with van der Waals surface area (Å²) in [5.41, 5.74) is 3.90. The van der Waals surface area contributed by atoms with Crippen molar-refractivity contribution < 1.29 is 38.1 Å². The fourth-order valence-corrected chi connectivity index (χ4v) is 7.97. The van der Waals surface area contributed by atoms with Gasteiger partial charge in [0.1, 0.15) is 22.7 Å². The van der Waals surface area contributed by atoms with Crippen molar-refractivity contribution in [2.24, 2.45) is 0 Å². The van der Waals surface area contributed by atoms with Crippen molar-refractivity contribution in [3.8, 4) is 11.5 Å². The number of aryl methyl sites for hydroxylation is 2. The molecule has 0 radical (unpaired) electrons. The number of likely N-dealkylation sites (tertiary alicyclic amines) is 2. The Morgan fingerprint density at radius 2 is 1.14 bits per heavy atom. The van der Waals surface area contributed by atoms with Gasteiger partial charge in [0, 0.05) is 76.3 Å². The Kier molecular flexibility index (Phi) is 17.0. The standard InChI is InChI=1S/C22H33N3O4.C13H23N3O3.C9H11BrO/c1-16-6-7-19(28-5)14-17(16)15-24-12-13-25(20(24)26)18-8-10-23(11-9-18)21(27)29-22(2,3)4;1-13(2,3)19-12(18)15-7-4-10(5-8-15)16-9-6-14-11(16)17;1-7-3-4-9(11-2)5-8(7)6-10/h6-7,14,18H,8-13,15H2,1-5H3;10H,4-9H2,1-3H3,(H,14,17);3-5H,6H2,1-2H3. The van der Waals surface area contributed by atoms with Gasteiger partial charge in [0.25, 0.3) is 0 Å². The lowest BCUT2D eigenvalue weighted by molar-refractivity contribution is 0.0159. The Bertz CT molecular complexity index is 1730. The zero-order chi connectivity index (χ0) is 43.5. The van der Waals surface area contributed by atoms with Gasteiger partial charge in [-0.2, -0.15) is 0 Å². The molecule has 6 amide bonds. The van der Waals surface area contributed by atoms with Crippen molar-refractivity contribution >= 4 is 40.2 Å². The number of alkyl halides is 1. The van der Waals surface area contributed by atoms with E-state index < -0.39 is 11.2 Å². The van der Waals surface area contributed by atoms with Crippen LogP contribution >= 0.6 is 15.9 Å². The second-order valence-electron chi connectivity index (χ2n) is 17.4. The molecule has 0 atom stereocenters. The van der Waals surface area contributed by atoms with Gasteiger partial charge in [0.2, 0.25) is 0 Å². The first-order chi connectivity index (χ1) is 27.8. The highest BCUT2D eigenvalue weighted by Gasteiger charge is 2.37. The van der Waals surface area contributed by atoms with Crippen molar-refractivity contribution in [3.63, 3.8) is 0 Å². The van der Waals surface area contributed by atoms with E-state index >= 15 is 0 Å².